The maximum Gasteiger partial charge on any atom is 0.119 e. The average Bonchev–Trinajstić information content (AvgIpc) is 2.97. The minimum Gasteiger partial charge on any atom is -0.497 e. The first-order valence-corrected chi connectivity index (χ1v) is 7.05. The highest BCUT2D eigenvalue weighted by atomic mass is 35.5. The lowest BCUT2D eigenvalue weighted by Crippen LogP contribution is -2.27. The van der Waals surface area contributed by atoms with E-state index in [4.69, 9.17) is 16.3 Å². The molecule has 1 saturated heterocycles. The van der Waals surface area contributed by atoms with Gasteiger partial charge in [-0.1, -0.05) is 23.7 Å². The standard InChI is InChI=1S/C16H17ClN2O/c1-20-15-8-6-14(7-9-15)19-11-10-18-16(19)12-2-4-13(17)5-3-12/h2-9,16,18H,10-11H2,1H3. The van der Waals surface area contributed by atoms with Gasteiger partial charge in [0.1, 0.15) is 11.9 Å². The second kappa shape index (κ2) is 5.73. The van der Waals surface area contributed by atoms with Crippen LogP contribution in [0.1, 0.15) is 11.7 Å². The SMILES string of the molecule is COc1ccc(N2CCNC2c2ccc(Cl)cc2)cc1. The highest BCUT2D eigenvalue weighted by molar-refractivity contribution is 6.30. The molecule has 0 spiro atoms. The van der Waals surface area contributed by atoms with Crippen LogP contribution in [0.2, 0.25) is 5.02 Å². The smallest absolute Gasteiger partial charge is 0.119 e. The molecule has 2 aromatic carbocycles. The van der Waals surface area contributed by atoms with E-state index in [9.17, 15) is 0 Å². The van der Waals surface area contributed by atoms with Gasteiger partial charge in [0.15, 0.2) is 0 Å². The summed E-state index contributed by atoms with van der Waals surface area (Å²) in [5.41, 5.74) is 2.42. The first-order chi connectivity index (χ1) is 9.78. The Kier molecular flexibility index (Phi) is 3.81. The first kappa shape index (κ1) is 13.3. The molecule has 1 heterocycles. The topological polar surface area (TPSA) is 24.5 Å². The quantitative estimate of drug-likeness (QED) is 0.936. The Morgan fingerprint density at radius 1 is 1.10 bits per heavy atom. The molecule has 0 radical (unpaired) electrons. The number of benzene rings is 2. The fourth-order valence-corrected chi connectivity index (χ4v) is 2.68. The van der Waals surface area contributed by atoms with Gasteiger partial charge in [-0.3, -0.25) is 5.32 Å². The van der Waals surface area contributed by atoms with Crippen molar-refractivity contribution >= 4 is 17.3 Å². The Balaban J connectivity index is 1.86. The Hall–Kier alpha value is -1.71. The van der Waals surface area contributed by atoms with Gasteiger partial charge < -0.3 is 9.64 Å². The number of ether oxygens (including phenoxy) is 1. The fraction of sp³-hybridized carbons (Fsp3) is 0.250. The lowest BCUT2D eigenvalue weighted by atomic mass is 10.1. The van der Waals surface area contributed by atoms with Crippen LogP contribution in [0.4, 0.5) is 5.69 Å². The molecule has 0 aromatic heterocycles. The van der Waals surface area contributed by atoms with Gasteiger partial charge >= 0.3 is 0 Å². The summed E-state index contributed by atoms with van der Waals surface area (Å²) in [4.78, 5) is 2.35. The maximum absolute atomic E-state index is 5.96. The summed E-state index contributed by atoms with van der Waals surface area (Å²) in [5.74, 6) is 0.879. The molecule has 1 unspecified atom stereocenters. The molecule has 3 nitrogen and oxygen atoms in total. The largest absolute Gasteiger partial charge is 0.497 e. The van der Waals surface area contributed by atoms with E-state index in [1.807, 2.05) is 24.3 Å². The summed E-state index contributed by atoms with van der Waals surface area (Å²) >= 11 is 5.96. The minimum absolute atomic E-state index is 0.195. The molecule has 1 atom stereocenters. The van der Waals surface area contributed by atoms with E-state index >= 15 is 0 Å². The van der Waals surface area contributed by atoms with E-state index < -0.39 is 0 Å². The van der Waals surface area contributed by atoms with Crippen LogP contribution >= 0.6 is 11.6 Å². The monoisotopic (exact) mass is 288 g/mol. The summed E-state index contributed by atoms with van der Waals surface area (Å²) in [5, 5.41) is 4.29. The van der Waals surface area contributed by atoms with Gasteiger partial charge in [-0.05, 0) is 42.0 Å². The molecule has 2 aromatic rings. The van der Waals surface area contributed by atoms with Crippen LogP contribution in [0.3, 0.4) is 0 Å². The number of nitrogens with one attached hydrogen (secondary N) is 1. The summed E-state index contributed by atoms with van der Waals surface area (Å²) in [6.45, 7) is 1.96. The minimum atomic E-state index is 0.195. The van der Waals surface area contributed by atoms with Crippen molar-refractivity contribution in [3.63, 3.8) is 0 Å². The van der Waals surface area contributed by atoms with Gasteiger partial charge in [0.05, 0.1) is 7.11 Å². The van der Waals surface area contributed by atoms with Gasteiger partial charge in [-0.25, -0.2) is 0 Å². The van der Waals surface area contributed by atoms with Crippen LogP contribution in [0.5, 0.6) is 5.75 Å². The molecule has 20 heavy (non-hydrogen) atoms. The van der Waals surface area contributed by atoms with E-state index in [1.54, 1.807) is 7.11 Å². The molecular weight excluding hydrogens is 272 g/mol. The van der Waals surface area contributed by atoms with E-state index in [2.05, 4.69) is 34.5 Å². The van der Waals surface area contributed by atoms with Crippen molar-refractivity contribution in [1.82, 2.24) is 5.32 Å². The lowest BCUT2D eigenvalue weighted by molar-refractivity contribution is 0.415. The number of nitrogens with zero attached hydrogens (tertiary/aromatic N) is 1. The van der Waals surface area contributed by atoms with Crippen LogP contribution in [-0.2, 0) is 0 Å². The number of hydrogen-bond acceptors (Lipinski definition) is 3. The molecule has 0 amide bonds. The molecule has 0 saturated carbocycles. The third kappa shape index (κ3) is 2.60. The van der Waals surface area contributed by atoms with E-state index in [-0.39, 0.29) is 6.17 Å². The van der Waals surface area contributed by atoms with Gasteiger partial charge in [-0.2, -0.15) is 0 Å². The van der Waals surface area contributed by atoms with Crippen LogP contribution in [0, 0.1) is 0 Å². The molecule has 1 N–H and O–H groups in total. The number of rotatable bonds is 3. The maximum atomic E-state index is 5.96. The highest BCUT2D eigenvalue weighted by Crippen LogP contribution is 2.29. The second-order valence-corrected chi connectivity index (χ2v) is 5.24. The fourth-order valence-electron chi connectivity index (χ4n) is 2.56. The Morgan fingerprint density at radius 3 is 2.45 bits per heavy atom. The van der Waals surface area contributed by atoms with Crippen molar-refractivity contribution in [3.8, 4) is 5.75 Å². The normalized spacial score (nSPS) is 18.3. The van der Waals surface area contributed by atoms with Crippen molar-refractivity contribution in [3.05, 3.63) is 59.1 Å². The summed E-state index contributed by atoms with van der Waals surface area (Å²) < 4.78 is 5.21. The summed E-state index contributed by atoms with van der Waals surface area (Å²) in [6, 6.07) is 16.2. The van der Waals surface area contributed by atoms with E-state index in [0.717, 1.165) is 23.9 Å². The molecule has 0 aliphatic carbocycles. The van der Waals surface area contributed by atoms with Crippen LogP contribution in [0.15, 0.2) is 48.5 Å². The third-order valence-corrected chi connectivity index (χ3v) is 3.84. The number of halogens is 1. The van der Waals surface area contributed by atoms with Crippen molar-refractivity contribution in [2.75, 3.05) is 25.1 Å². The predicted molar refractivity (Wildman–Crippen MR) is 82.5 cm³/mol. The average molecular weight is 289 g/mol. The molecule has 1 fully saturated rings. The second-order valence-electron chi connectivity index (χ2n) is 4.80. The van der Waals surface area contributed by atoms with Crippen molar-refractivity contribution in [2.45, 2.75) is 6.17 Å². The number of anilines is 1. The van der Waals surface area contributed by atoms with E-state index in [1.165, 1.54) is 11.3 Å². The zero-order valence-electron chi connectivity index (χ0n) is 11.3. The predicted octanol–water partition coefficient (Wildman–Crippen LogP) is 3.46. The van der Waals surface area contributed by atoms with Gasteiger partial charge in [0, 0.05) is 23.8 Å². The number of methoxy groups -OCH3 is 1. The Morgan fingerprint density at radius 2 is 1.80 bits per heavy atom. The van der Waals surface area contributed by atoms with Gasteiger partial charge in [0.2, 0.25) is 0 Å². The van der Waals surface area contributed by atoms with Gasteiger partial charge in [-0.15, -0.1) is 0 Å². The van der Waals surface area contributed by atoms with E-state index in [0.29, 0.717) is 0 Å². The molecule has 104 valence electrons. The number of hydrogen-bond donors (Lipinski definition) is 1. The van der Waals surface area contributed by atoms with Gasteiger partial charge in [0.25, 0.3) is 0 Å². The zero-order valence-corrected chi connectivity index (χ0v) is 12.1. The molecule has 3 rings (SSSR count). The van der Waals surface area contributed by atoms with Crippen LogP contribution in [0.25, 0.3) is 0 Å². The first-order valence-electron chi connectivity index (χ1n) is 6.67. The third-order valence-electron chi connectivity index (χ3n) is 3.59. The molecule has 1 aliphatic rings. The van der Waals surface area contributed by atoms with Crippen molar-refractivity contribution in [1.29, 1.82) is 0 Å². The Labute approximate surface area is 124 Å². The Bertz CT molecular complexity index is 568. The van der Waals surface area contributed by atoms with Crippen molar-refractivity contribution < 1.29 is 4.74 Å². The highest BCUT2D eigenvalue weighted by Gasteiger charge is 2.25. The summed E-state index contributed by atoms with van der Waals surface area (Å²) in [6.07, 6.45) is 0.195. The molecule has 4 heteroatoms. The zero-order chi connectivity index (χ0) is 13.9. The van der Waals surface area contributed by atoms with Crippen molar-refractivity contribution in [2.24, 2.45) is 0 Å². The van der Waals surface area contributed by atoms with Crippen LogP contribution in [-0.4, -0.2) is 20.2 Å². The van der Waals surface area contributed by atoms with Crippen LogP contribution < -0.4 is 15.0 Å². The molecular formula is C16H17ClN2O. The molecule has 1 aliphatic heterocycles. The molecule has 0 bridgehead atoms. The lowest BCUT2D eigenvalue weighted by Gasteiger charge is -2.26. The summed E-state index contributed by atoms with van der Waals surface area (Å²) in [7, 11) is 1.68.